The van der Waals surface area contributed by atoms with Gasteiger partial charge in [0.1, 0.15) is 0 Å². The van der Waals surface area contributed by atoms with Crippen LogP contribution in [0.5, 0.6) is 0 Å². The summed E-state index contributed by atoms with van der Waals surface area (Å²) in [5, 5.41) is 0.157. The van der Waals surface area contributed by atoms with E-state index in [1.165, 1.54) is 37.7 Å². The lowest BCUT2D eigenvalue weighted by atomic mass is 9.44. The van der Waals surface area contributed by atoms with Crippen LogP contribution < -0.4 is 0 Å². The number of ketones is 1. The van der Waals surface area contributed by atoms with Crippen molar-refractivity contribution in [2.24, 2.45) is 34.5 Å². The molecule has 3 saturated carbocycles. The van der Waals surface area contributed by atoms with Crippen molar-refractivity contribution in [2.45, 2.75) is 110 Å². The molecule has 31 heavy (non-hydrogen) atoms. The molecule has 0 radical (unpaired) electrons. The molecule has 0 aromatic carbocycles. The molecule has 0 heterocycles. The molecule has 4 rings (SSSR count). The second-order valence-corrected chi connectivity index (χ2v) is 18.1. The Labute approximate surface area is 192 Å². The maximum atomic E-state index is 12.9. The van der Waals surface area contributed by atoms with Gasteiger partial charge in [-0.15, -0.1) is 6.58 Å². The topological polar surface area (TPSA) is 26.3 Å². The van der Waals surface area contributed by atoms with Gasteiger partial charge in [-0.05, 0) is 91.8 Å². The van der Waals surface area contributed by atoms with Crippen molar-refractivity contribution in [1.82, 2.24) is 0 Å². The van der Waals surface area contributed by atoms with Gasteiger partial charge < -0.3 is 4.43 Å². The van der Waals surface area contributed by atoms with Gasteiger partial charge in [-0.3, -0.25) is 4.79 Å². The number of allylic oxidation sites excluding steroid dienone is 1. The van der Waals surface area contributed by atoms with Crippen LogP contribution in [0.2, 0.25) is 18.1 Å². The highest BCUT2D eigenvalue weighted by atomic mass is 28.4. The first-order valence-electron chi connectivity index (χ1n) is 12.9. The van der Waals surface area contributed by atoms with Crippen molar-refractivity contribution in [1.29, 1.82) is 0 Å². The second kappa shape index (κ2) is 7.69. The van der Waals surface area contributed by atoms with Crippen LogP contribution in [0.15, 0.2) is 24.3 Å². The molecule has 2 nitrogen and oxygen atoms in total. The molecule has 174 valence electrons. The summed E-state index contributed by atoms with van der Waals surface area (Å²) in [6.07, 6.45) is 13.8. The van der Waals surface area contributed by atoms with Gasteiger partial charge >= 0.3 is 0 Å². The van der Waals surface area contributed by atoms with Crippen LogP contribution in [0, 0.1) is 34.5 Å². The molecule has 0 aromatic rings. The first-order valence-corrected chi connectivity index (χ1v) is 15.8. The molecule has 0 saturated heterocycles. The normalized spacial score (nSPS) is 43.0. The molecule has 7 atom stereocenters. The average molecular weight is 443 g/mol. The zero-order valence-electron chi connectivity index (χ0n) is 21.2. The van der Waals surface area contributed by atoms with Crippen molar-refractivity contribution in [3.63, 3.8) is 0 Å². The number of carbonyl (C=O) groups is 1. The Morgan fingerprint density at radius 3 is 2.52 bits per heavy atom. The first-order chi connectivity index (χ1) is 14.3. The maximum absolute atomic E-state index is 12.9. The first kappa shape index (κ1) is 23.5. The summed E-state index contributed by atoms with van der Waals surface area (Å²) >= 11 is 0. The Hall–Kier alpha value is -0.673. The van der Waals surface area contributed by atoms with E-state index in [0.717, 1.165) is 24.7 Å². The minimum atomic E-state index is -1.97. The number of rotatable bonds is 4. The fourth-order valence-electron chi connectivity index (χ4n) is 7.88. The molecule has 0 aromatic heterocycles. The third-order valence-electron chi connectivity index (χ3n) is 10.7. The SMILES string of the molecule is C=CC[C@@H]1CC2=CC(=O)CC(O[Si](C)(C)C(C)(C)C)[C@]2(C)[C@H]2CC[C@]3(C)CCC[C@H]3[C@H]12. The van der Waals surface area contributed by atoms with Crippen molar-refractivity contribution >= 4 is 14.1 Å². The average Bonchev–Trinajstić information content (AvgIpc) is 3.04. The van der Waals surface area contributed by atoms with Gasteiger partial charge in [-0.1, -0.05) is 52.7 Å². The van der Waals surface area contributed by atoms with Crippen molar-refractivity contribution in [2.75, 3.05) is 0 Å². The fourth-order valence-corrected chi connectivity index (χ4v) is 9.27. The third-order valence-corrected chi connectivity index (χ3v) is 15.2. The molecule has 3 fully saturated rings. The van der Waals surface area contributed by atoms with Crippen LogP contribution in [0.25, 0.3) is 0 Å². The van der Waals surface area contributed by atoms with Crippen LogP contribution in [0.3, 0.4) is 0 Å². The molecular weight excluding hydrogens is 396 g/mol. The summed E-state index contributed by atoms with van der Waals surface area (Å²) in [5.41, 5.74) is 1.94. The quantitative estimate of drug-likeness (QED) is 0.329. The highest BCUT2D eigenvalue weighted by molar-refractivity contribution is 6.74. The summed E-state index contributed by atoms with van der Waals surface area (Å²) in [5.74, 6) is 3.15. The lowest BCUT2D eigenvalue weighted by molar-refractivity contribution is -0.129. The summed E-state index contributed by atoms with van der Waals surface area (Å²) in [7, 11) is -1.97. The highest BCUT2D eigenvalue weighted by Gasteiger charge is 2.62. The van der Waals surface area contributed by atoms with Gasteiger partial charge in [0.05, 0.1) is 6.10 Å². The van der Waals surface area contributed by atoms with E-state index in [-0.39, 0.29) is 22.3 Å². The predicted octanol–water partition coefficient (Wildman–Crippen LogP) is 7.71. The Morgan fingerprint density at radius 1 is 1.16 bits per heavy atom. The Kier molecular flexibility index (Phi) is 5.82. The Bertz CT molecular complexity index is 774. The zero-order chi connectivity index (χ0) is 22.8. The highest BCUT2D eigenvalue weighted by Crippen LogP contribution is 2.67. The fraction of sp³-hybridized carbons (Fsp3) is 0.821. The van der Waals surface area contributed by atoms with Gasteiger partial charge in [0, 0.05) is 11.8 Å². The maximum Gasteiger partial charge on any atom is 0.192 e. The summed E-state index contributed by atoms with van der Waals surface area (Å²) in [4.78, 5) is 12.9. The minimum Gasteiger partial charge on any atom is -0.413 e. The lowest BCUT2D eigenvalue weighted by Crippen LogP contribution is -2.60. The van der Waals surface area contributed by atoms with E-state index in [4.69, 9.17) is 4.43 Å². The van der Waals surface area contributed by atoms with Crippen LogP contribution in [-0.2, 0) is 9.22 Å². The van der Waals surface area contributed by atoms with E-state index in [9.17, 15) is 4.79 Å². The molecule has 0 spiro atoms. The molecule has 1 unspecified atom stereocenters. The number of fused-ring (bicyclic) bond motifs is 5. The monoisotopic (exact) mass is 442 g/mol. The Balaban J connectivity index is 1.77. The van der Waals surface area contributed by atoms with Crippen LogP contribution >= 0.6 is 0 Å². The summed E-state index contributed by atoms with van der Waals surface area (Å²) < 4.78 is 7.12. The number of carbonyl (C=O) groups excluding carboxylic acids is 1. The van der Waals surface area contributed by atoms with E-state index >= 15 is 0 Å². The smallest absolute Gasteiger partial charge is 0.192 e. The van der Waals surface area contributed by atoms with Crippen LogP contribution in [0.4, 0.5) is 0 Å². The molecule has 4 aliphatic carbocycles. The van der Waals surface area contributed by atoms with Crippen LogP contribution in [0.1, 0.15) is 86.0 Å². The zero-order valence-corrected chi connectivity index (χ0v) is 22.2. The molecule has 4 aliphatic rings. The number of hydrogen-bond acceptors (Lipinski definition) is 2. The molecule has 0 bridgehead atoms. The second-order valence-electron chi connectivity index (χ2n) is 13.4. The van der Waals surface area contributed by atoms with E-state index < -0.39 is 8.32 Å². The lowest BCUT2D eigenvalue weighted by Gasteiger charge is -2.62. The third kappa shape index (κ3) is 3.66. The largest absolute Gasteiger partial charge is 0.413 e. The molecule has 0 N–H and O–H groups in total. The van der Waals surface area contributed by atoms with Crippen LogP contribution in [-0.4, -0.2) is 20.2 Å². The van der Waals surface area contributed by atoms with E-state index in [1.807, 2.05) is 6.08 Å². The minimum absolute atomic E-state index is 0.00961. The van der Waals surface area contributed by atoms with E-state index in [0.29, 0.717) is 23.7 Å². The van der Waals surface area contributed by atoms with Gasteiger partial charge in [-0.25, -0.2) is 0 Å². The molecule has 0 aliphatic heterocycles. The van der Waals surface area contributed by atoms with Gasteiger partial charge in [-0.2, -0.15) is 0 Å². The predicted molar refractivity (Wildman–Crippen MR) is 132 cm³/mol. The van der Waals surface area contributed by atoms with Gasteiger partial charge in [0.2, 0.25) is 0 Å². The van der Waals surface area contributed by atoms with Gasteiger partial charge in [0.15, 0.2) is 14.1 Å². The summed E-state index contributed by atoms with van der Waals surface area (Å²) in [6.45, 7) is 20.8. The van der Waals surface area contributed by atoms with E-state index in [2.05, 4.69) is 60.4 Å². The molecule has 3 heteroatoms. The van der Waals surface area contributed by atoms with Crippen molar-refractivity contribution < 1.29 is 9.22 Å². The molecule has 0 amide bonds. The standard InChI is InChI=1S/C28H46O2Si/c1-9-11-19-16-20-17-21(29)18-24(30-31(7,8)26(2,3)4)28(20,6)23-13-15-27(5)14-10-12-22(27)25(19)23/h9,17,19,22-25H,1,10-16,18H2,2-8H3/t19-,22+,23+,24?,25+,27+,28+/m1/s1. The molecular formula is C28H46O2Si. The van der Waals surface area contributed by atoms with E-state index in [1.54, 1.807) is 0 Å². The van der Waals surface area contributed by atoms with Crippen molar-refractivity contribution in [3.8, 4) is 0 Å². The van der Waals surface area contributed by atoms with Crippen molar-refractivity contribution in [3.05, 3.63) is 24.3 Å². The summed E-state index contributed by atoms with van der Waals surface area (Å²) in [6, 6.07) is 0. The Morgan fingerprint density at radius 2 is 1.87 bits per heavy atom. The van der Waals surface area contributed by atoms with Gasteiger partial charge in [0.25, 0.3) is 0 Å². The number of hydrogen-bond donors (Lipinski definition) is 0.